The molecule has 0 unspecified atom stereocenters. The third-order valence-corrected chi connectivity index (χ3v) is 2.43. The number of nitrogens with two attached hydrogens (primary N) is 2. The summed E-state index contributed by atoms with van der Waals surface area (Å²) >= 11 is 1.48. The zero-order valence-electron chi connectivity index (χ0n) is 8.06. The van der Waals surface area contributed by atoms with Crippen molar-refractivity contribution in [3.8, 4) is 0 Å². The molecule has 5 N–H and O–H groups in total. The molecule has 0 aliphatic carbocycles. The van der Waals surface area contributed by atoms with Crippen molar-refractivity contribution >= 4 is 17.3 Å². The second-order valence-electron chi connectivity index (χ2n) is 2.32. The van der Waals surface area contributed by atoms with Crippen molar-refractivity contribution < 1.29 is 9.90 Å². The minimum absolute atomic E-state index is 0.136. The van der Waals surface area contributed by atoms with Gasteiger partial charge >= 0.3 is 5.97 Å². The minimum Gasteiger partial charge on any atom is -0.481 e. The lowest BCUT2D eigenvalue weighted by Crippen LogP contribution is -1.96. The number of aryl methyl sites for hydroxylation is 1. The molecule has 0 saturated carbocycles. The molecule has 0 spiro atoms. The lowest BCUT2D eigenvalue weighted by molar-refractivity contribution is -0.136. The van der Waals surface area contributed by atoms with Gasteiger partial charge in [-0.05, 0) is 7.05 Å². The van der Waals surface area contributed by atoms with Crippen LogP contribution in [0.1, 0.15) is 16.3 Å². The summed E-state index contributed by atoms with van der Waals surface area (Å²) < 4.78 is 0. The maximum absolute atomic E-state index is 10.2. The minimum atomic E-state index is -0.792. The van der Waals surface area contributed by atoms with Gasteiger partial charge in [0.2, 0.25) is 0 Å². The lowest BCUT2D eigenvalue weighted by atomic mass is 10.3. The SMILES string of the molecule is CN.NCc1cnc(CCC(=O)O)s1. The van der Waals surface area contributed by atoms with Crippen LogP contribution < -0.4 is 11.5 Å². The first kappa shape index (κ1) is 13.0. The molecule has 1 aromatic heterocycles. The van der Waals surface area contributed by atoms with Crippen LogP contribution in [0.25, 0.3) is 0 Å². The smallest absolute Gasteiger partial charge is 0.303 e. The molecule has 0 radical (unpaired) electrons. The Morgan fingerprint density at radius 3 is 2.71 bits per heavy atom. The molecule has 0 saturated heterocycles. The van der Waals surface area contributed by atoms with Crippen LogP contribution in [0, 0.1) is 0 Å². The van der Waals surface area contributed by atoms with Gasteiger partial charge in [0.25, 0.3) is 0 Å². The molecule has 5 nitrogen and oxygen atoms in total. The molecule has 1 heterocycles. The molecule has 6 heteroatoms. The van der Waals surface area contributed by atoms with Crippen molar-refractivity contribution in [2.24, 2.45) is 11.5 Å². The number of carboxylic acids is 1. The number of rotatable bonds is 4. The van der Waals surface area contributed by atoms with E-state index in [0.29, 0.717) is 13.0 Å². The number of aromatic nitrogens is 1. The summed E-state index contributed by atoms with van der Waals surface area (Å²) in [6.07, 6.45) is 2.33. The highest BCUT2D eigenvalue weighted by molar-refractivity contribution is 7.11. The summed E-state index contributed by atoms with van der Waals surface area (Å²) in [6, 6.07) is 0. The van der Waals surface area contributed by atoms with Gasteiger partial charge in [-0.1, -0.05) is 0 Å². The highest BCUT2D eigenvalue weighted by atomic mass is 32.1. The molecule has 0 fully saturated rings. The molecule has 0 amide bonds. The fraction of sp³-hybridized carbons (Fsp3) is 0.500. The topological polar surface area (TPSA) is 102 Å². The Morgan fingerprint density at radius 1 is 1.64 bits per heavy atom. The predicted molar refractivity (Wildman–Crippen MR) is 56.1 cm³/mol. The second kappa shape index (κ2) is 7.43. The molecular formula is C8H15N3O2S. The average Bonchev–Trinajstić information content (AvgIpc) is 2.65. The van der Waals surface area contributed by atoms with Crippen molar-refractivity contribution in [1.82, 2.24) is 4.98 Å². The van der Waals surface area contributed by atoms with E-state index in [9.17, 15) is 4.79 Å². The van der Waals surface area contributed by atoms with Crippen LogP contribution in [-0.4, -0.2) is 23.1 Å². The van der Waals surface area contributed by atoms with Gasteiger partial charge in [-0.25, -0.2) is 4.98 Å². The van der Waals surface area contributed by atoms with Crippen LogP contribution >= 0.6 is 11.3 Å². The van der Waals surface area contributed by atoms with Crippen LogP contribution in [0.15, 0.2) is 6.20 Å². The Balaban J connectivity index is 0.000000791. The quantitative estimate of drug-likeness (QED) is 0.668. The van der Waals surface area contributed by atoms with Crippen molar-refractivity contribution in [2.45, 2.75) is 19.4 Å². The van der Waals surface area contributed by atoms with E-state index >= 15 is 0 Å². The molecule has 0 aliphatic rings. The van der Waals surface area contributed by atoms with E-state index in [1.54, 1.807) is 6.20 Å². The number of hydrogen-bond acceptors (Lipinski definition) is 5. The normalized spacial score (nSPS) is 9.07. The van der Waals surface area contributed by atoms with E-state index in [1.807, 2.05) is 0 Å². The van der Waals surface area contributed by atoms with Crippen LogP contribution in [0.4, 0.5) is 0 Å². The highest BCUT2D eigenvalue weighted by Crippen LogP contribution is 2.13. The summed E-state index contributed by atoms with van der Waals surface area (Å²) in [6.45, 7) is 0.477. The lowest BCUT2D eigenvalue weighted by Gasteiger charge is -1.89. The monoisotopic (exact) mass is 217 g/mol. The van der Waals surface area contributed by atoms with Gasteiger partial charge in [0.05, 0.1) is 11.4 Å². The number of aliphatic carboxylic acids is 1. The van der Waals surface area contributed by atoms with Crippen LogP contribution in [0.2, 0.25) is 0 Å². The Bertz CT molecular complexity index is 275. The van der Waals surface area contributed by atoms with Gasteiger partial charge in [0.15, 0.2) is 0 Å². The average molecular weight is 217 g/mol. The summed E-state index contributed by atoms with van der Waals surface area (Å²) in [4.78, 5) is 15.2. The number of carbonyl (C=O) groups is 1. The van der Waals surface area contributed by atoms with E-state index in [2.05, 4.69) is 10.7 Å². The molecule has 0 bridgehead atoms. The van der Waals surface area contributed by atoms with E-state index in [4.69, 9.17) is 10.8 Å². The summed E-state index contributed by atoms with van der Waals surface area (Å²) in [5.41, 5.74) is 9.87. The Kier molecular flexibility index (Phi) is 6.91. The Labute approximate surface area is 86.8 Å². The molecule has 0 atom stereocenters. The van der Waals surface area contributed by atoms with Gasteiger partial charge in [-0.15, -0.1) is 11.3 Å². The molecule has 0 aromatic carbocycles. The zero-order chi connectivity index (χ0) is 11.0. The number of hydrogen-bond donors (Lipinski definition) is 3. The predicted octanol–water partition coefficient (Wildman–Crippen LogP) is 0.194. The first-order valence-electron chi connectivity index (χ1n) is 4.15. The molecular weight excluding hydrogens is 202 g/mol. The largest absolute Gasteiger partial charge is 0.481 e. The third kappa shape index (κ3) is 4.90. The molecule has 80 valence electrons. The van der Waals surface area contributed by atoms with Crippen molar-refractivity contribution in [1.29, 1.82) is 0 Å². The zero-order valence-corrected chi connectivity index (χ0v) is 8.88. The van der Waals surface area contributed by atoms with Crippen molar-refractivity contribution in [2.75, 3.05) is 7.05 Å². The van der Waals surface area contributed by atoms with Gasteiger partial charge < -0.3 is 16.6 Å². The number of thiazole rings is 1. The van der Waals surface area contributed by atoms with E-state index in [1.165, 1.54) is 18.4 Å². The van der Waals surface area contributed by atoms with Gasteiger partial charge in [0.1, 0.15) is 0 Å². The van der Waals surface area contributed by atoms with Gasteiger partial charge in [-0.3, -0.25) is 4.79 Å². The standard InChI is InChI=1S/C7H10N2O2S.CH5N/c8-3-5-4-9-6(12-5)1-2-7(10)11;1-2/h4H,1-3,8H2,(H,10,11);2H2,1H3. The molecule has 0 aliphatic heterocycles. The third-order valence-electron chi connectivity index (χ3n) is 1.36. The number of nitrogens with zero attached hydrogens (tertiary/aromatic N) is 1. The Hall–Kier alpha value is -0.980. The molecule has 1 aromatic rings. The first-order valence-corrected chi connectivity index (χ1v) is 4.97. The van der Waals surface area contributed by atoms with Crippen molar-refractivity contribution in [3.63, 3.8) is 0 Å². The van der Waals surface area contributed by atoms with E-state index in [-0.39, 0.29) is 6.42 Å². The first-order chi connectivity index (χ1) is 6.72. The fourth-order valence-electron chi connectivity index (χ4n) is 0.772. The summed E-state index contributed by atoms with van der Waals surface area (Å²) in [5.74, 6) is -0.792. The van der Waals surface area contributed by atoms with Crippen LogP contribution in [0.5, 0.6) is 0 Å². The van der Waals surface area contributed by atoms with Crippen LogP contribution in [-0.2, 0) is 17.8 Å². The highest BCUT2D eigenvalue weighted by Gasteiger charge is 2.03. The maximum atomic E-state index is 10.2. The van der Waals surface area contributed by atoms with E-state index < -0.39 is 5.97 Å². The van der Waals surface area contributed by atoms with Crippen molar-refractivity contribution in [3.05, 3.63) is 16.1 Å². The van der Waals surface area contributed by atoms with E-state index in [0.717, 1.165) is 9.88 Å². The molecule has 1 rings (SSSR count). The Morgan fingerprint density at radius 2 is 2.29 bits per heavy atom. The maximum Gasteiger partial charge on any atom is 0.303 e. The second-order valence-corrected chi connectivity index (χ2v) is 3.52. The summed E-state index contributed by atoms with van der Waals surface area (Å²) in [7, 11) is 1.50. The van der Waals surface area contributed by atoms with Gasteiger partial charge in [0, 0.05) is 24.0 Å². The molecule has 14 heavy (non-hydrogen) atoms. The van der Waals surface area contributed by atoms with Gasteiger partial charge in [-0.2, -0.15) is 0 Å². The number of carboxylic acid groups (broad SMARTS) is 1. The van der Waals surface area contributed by atoms with Crippen LogP contribution in [0.3, 0.4) is 0 Å². The fourth-order valence-corrected chi connectivity index (χ4v) is 1.57. The summed E-state index contributed by atoms with van der Waals surface area (Å²) in [5, 5.41) is 9.24.